The topological polar surface area (TPSA) is 41.5 Å². The number of fused-ring (bicyclic) bond motifs is 1. The fourth-order valence-corrected chi connectivity index (χ4v) is 4.72. The van der Waals surface area contributed by atoms with Gasteiger partial charge in [0.05, 0.1) is 5.60 Å². The van der Waals surface area contributed by atoms with Gasteiger partial charge < -0.3 is 15.2 Å². The Kier molecular flexibility index (Phi) is 2.31. The molecule has 0 aromatic heterocycles. The summed E-state index contributed by atoms with van der Waals surface area (Å²) in [6, 6.07) is 6.31. The van der Waals surface area contributed by atoms with E-state index in [1.807, 2.05) is 12.1 Å². The van der Waals surface area contributed by atoms with E-state index in [9.17, 15) is 5.11 Å². The number of hydrogen-bond acceptors (Lipinski definition) is 3. The van der Waals surface area contributed by atoms with Crippen molar-refractivity contribution >= 4 is 0 Å². The number of rotatable bonds is 0. The summed E-state index contributed by atoms with van der Waals surface area (Å²) in [5.74, 6) is 0.387. The van der Waals surface area contributed by atoms with Gasteiger partial charge in [0.2, 0.25) is 0 Å². The third-order valence-electron chi connectivity index (χ3n) is 5.74. The lowest BCUT2D eigenvalue weighted by molar-refractivity contribution is -0.165. The molecule has 1 unspecified atom stereocenters. The fraction of sp³-hybridized carbons (Fsp3) is 0.625. The van der Waals surface area contributed by atoms with Crippen LogP contribution < -0.4 is 5.32 Å². The SMILES string of the molecule is CC12OCCC[C@@]13CCN[C@@H]2Cc1ccc(O)cc13. The third-order valence-corrected chi connectivity index (χ3v) is 5.74. The largest absolute Gasteiger partial charge is 0.508 e. The maximum atomic E-state index is 9.90. The van der Waals surface area contributed by atoms with Crippen LogP contribution in [0.2, 0.25) is 0 Å². The van der Waals surface area contributed by atoms with E-state index in [1.54, 1.807) is 0 Å². The number of phenolic OH excluding ortho intramolecular Hbond substituents is 1. The van der Waals surface area contributed by atoms with Crippen molar-refractivity contribution in [3.8, 4) is 5.75 Å². The molecule has 1 aromatic rings. The van der Waals surface area contributed by atoms with E-state index >= 15 is 0 Å². The average Bonchev–Trinajstić information content (AvgIpc) is 2.39. The van der Waals surface area contributed by atoms with E-state index in [0.29, 0.717) is 11.8 Å². The van der Waals surface area contributed by atoms with Crippen LogP contribution >= 0.6 is 0 Å². The summed E-state index contributed by atoms with van der Waals surface area (Å²) in [7, 11) is 0. The zero-order valence-corrected chi connectivity index (χ0v) is 11.4. The van der Waals surface area contributed by atoms with Gasteiger partial charge >= 0.3 is 0 Å². The molecule has 2 heterocycles. The van der Waals surface area contributed by atoms with Crippen LogP contribution in [0.1, 0.15) is 37.3 Å². The first-order valence-electron chi connectivity index (χ1n) is 7.35. The van der Waals surface area contributed by atoms with Crippen molar-refractivity contribution in [2.24, 2.45) is 0 Å². The highest BCUT2D eigenvalue weighted by Crippen LogP contribution is 2.55. The van der Waals surface area contributed by atoms with E-state index in [1.165, 1.54) is 17.5 Å². The molecule has 2 saturated heterocycles. The molecule has 2 bridgehead atoms. The first-order chi connectivity index (χ1) is 9.16. The highest BCUT2D eigenvalue weighted by Gasteiger charge is 2.60. The molecular weight excluding hydrogens is 238 g/mol. The normalized spacial score (nSPS) is 40.4. The molecule has 1 aromatic carbocycles. The van der Waals surface area contributed by atoms with Crippen molar-refractivity contribution in [3.63, 3.8) is 0 Å². The van der Waals surface area contributed by atoms with Crippen molar-refractivity contribution in [3.05, 3.63) is 29.3 Å². The predicted octanol–water partition coefficient (Wildman–Crippen LogP) is 2.12. The second-order valence-corrected chi connectivity index (χ2v) is 6.44. The van der Waals surface area contributed by atoms with Crippen molar-refractivity contribution in [2.75, 3.05) is 13.2 Å². The van der Waals surface area contributed by atoms with Crippen LogP contribution in [0.25, 0.3) is 0 Å². The standard InChI is InChI=1S/C16H21NO2/c1-15-14-9-11-3-4-12(18)10-13(11)16(15,6-7-17-14)5-2-8-19-15/h3-4,10,14,17-18H,2,5-9H2,1H3/t14-,15?,16+/m1/s1. The number of hydrogen-bond donors (Lipinski definition) is 2. The molecule has 3 atom stereocenters. The molecule has 19 heavy (non-hydrogen) atoms. The lowest BCUT2D eigenvalue weighted by Crippen LogP contribution is -2.71. The van der Waals surface area contributed by atoms with Crippen molar-refractivity contribution < 1.29 is 9.84 Å². The van der Waals surface area contributed by atoms with Crippen LogP contribution in [-0.4, -0.2) is 29.9 Å². The maximum Gasteiger partial charge on any atom is 0.115 e. The first kappa shape index (κ1) is 11.7. The molecule has 0 saturated carbocycles. The predicted molar refractivity (Wildman–Crippen MR) is 73.5 cm³/mol. The van der Waals surface area contributed by atoms with Crippen molar-refractivity contribution in [2.45, 2.75) is 49.7 Å². The van der Waals surface area contributed by atoms with Crippen LogP contribution in [0.4, 0.5) is 0 Å². The van der Waals surface area contributed by atoms with Gasteiger partial charge in [0.25, 0.3) is 0 Å². The van der Waals surface area contributed by atoms with Gasteiger partial charge in [-0.2, -0.15) is 0 Å². The minimum atomic E-state index is -0.121. The van der Waals surface area contributed by atoms with Gasteiger partial charge in [-0.1, -0.05) is 6.07 Å². The van der Waals surface area contributed by atoms with E-state index < -0.39 is 0 Å². The molecule has 4 rings (SSSR count). The van der Waals surface area contributed by atoms with Crippen molar-refractivity contribution in [1.29, 1.82) is 0 Å². The fourth-order valence-electron chi connectivity index (χ4n) is 4.72. The maximum absolute atomic E-state index is 9.90. The highest BCUT2D eigenvalue weighted by molar-refractivity contribution is 5.47. The smallest absolute Gasteiger partial charge is 0.115 e. The second-order valence-electron chi connectivity index (χ2n) is 6.44. The number of phenols is 1. The Morgan fingerprint density at radius 3 is 3.16 bits per heavy atom. The lowest BCUT2D eigenvalue weighted by Gasteiger charge is -2.61. The van der Waals surface area contributed by atoms with E-state index in [0.717, 1.165) is 32.4 Å². The Morgan fingerprint density at radius 2 is 2.26 bits per heavy atom. The summed E-state index contributed by atoms with van der Waals surface area (Å²) < 4.78 is 6.28. The molecule has 1 aliphatic carbocycles. The van der Waals surface area contributed by atoms with Crippen molar-refractivity contribution in [1.82, 2.24) is 5.32 Å². The third kappa shape index (κ3) is 1.35. The van der Waals surface area contributed by atoms with Crippen LogP contribution in [0.3, 0.4) is 0 Å². The average molecular weight is 259 g/mol. The lowest BCUT2D eigenvalue weighted by atomic mass is 9.53. The van der Waals surface area contributed by atoms with Gasteiger partial charge in [0.1, 0.15) is 5.75 Å². The first-order valence-corrected chi connectivity index (χ1v) is 7.35. The molecule has 3 heteroatoms. The zero-order chi connectivity index (χ0) is 13.1. The number of nitrogens with one attached hydrogen (secondary N) is 1. The van der Waals surface area contributed by atoms with Gasteiger partial charge in [0, 0.05) is 18.1 Å². The molecule has 2 fully saturated rings. The molecule has 3 aliphatic rings. The molecule has 2 aliphatic heterocycles. The minimum absolute atomic E-state index is 0.0908. The molecule has 2 N–H and O–H groups in total. The molecule has 3 nitrogen and oxygen atoms in total. The van der Waals surface area contributed by atoms with Gasteiger partial charge in [-0.25, -0.2) is 0 Å². The second kappa shape index (κ2) is 3.74. The van der Waals surface area contributed by atoms with Gasteiger partial charge in [-0.3, -0.25) is 0 Å². The monoisotopic (exact) mass is 259 g/mol. The highest BCUT2D eigenvalue weighted by atomic mass is 16.5. The number of piperidine rings is 1. The summed E-state index contributed by atoms with van der Waals surface area (Å²) in [6.07, 6.45) is 4.42. The summed E-state index contributed by atoms with van der Waals surface area (Å²) in [5.41, 5.74) is 2.70. The van der Waals surface area contributed by atoms with E-state index in [-0.39, 0.29) is 11.0 Å². The molecule has 102 valence electrons. The molecule has 0 radical (unpaired) electrons. The Bertz CT molecular complexity index is 525. The van der Waals surface area contributed by atoms with E-state index in [2.05, 4.69) is 18.3 Å². The van der Waals surface area contributed by atoms with Gasteiger partial charge in [-0.05, 0) is 62.4 Å². The zero-order valence-electron chi connectivity index (χ0n) is 11.4. The molecule has 0 spiro atoms. The number of benzene rings is 1. The van der Waals surface area contributed by atoms with E-state index in [4.69, 9.17) is 4.74 Å². The summed E-state index contributed by atoms with van der Waals surface area (Å²) in [6.45, 7) is 4.19. The Hall–Kier alpha value is -1.06. The number of aromatic hydroxyl groups is 1. The summed E-state index contributed by atoms with van der Waals surface area (Å²) in [4.78, 5) is 0. The van der Waals surface area contributed by atoms with Crippen LogP contribution in [-0.2, 0) is 16.6 Å². The summed E-state index contributed by atoms with van der Waals surface area (Å²) in [5, 5.41) is 13.6. The quantitative estimate of drug-likeness (QED) is 0.750. The molecular formula is C16H21NO2. The Balaban J connectivity index is 1.97. The summed E-state index contributed by atoms with van der Waals surface area (Å²) >= 11 is 0. The van der Waals surface area contributed by atoms with Gasteiger partial charge in [0.15, 0.2) is 0 Å². The number of ether oxygens (including phenoxy) is 1. The van der Waals surface area contributed by atoms with Gasteiger partial charge in [-0.15, -0.1) is 0 Å². The molecule has 0 amide bonds. The Labute approximate surface area is 114 Å². The van der Waals surface area contributed by atoms with Crippen LogP contribution in [0.5, 0.6) is 5.75 Å². The van der Waals surface area contributed by atoms with Crippen LogP contribution in [0.15, 0.2) is 18.2 Å². The Morgan fingerprint density at radius 1 is 1.37 bits per heavy atom. The minimum Gasteiger partial charge on any atom is -0.508 e. The van der Waals surface area contributed by atoms with Crippen LogP contribution in [0, 0.1) is 0 Å².